The highest BCUT2D eigenvalue weighted by atomic mass is 35.5. The third-order valence-corrected chi connectivity index (χ3v) is 5.72. The van der Waals surface area contributed by atoms with Gasteiger partial charge in [-0.25, -0.2) is 0 Å². The second kappa shape index (κ2) is 8.30. The van der Waals surface area contributed by atoms with Crippen LogP contribution in [0, 0.1) is 5.92 Å². The van der Waals surface area contributed by atoms with Gasteiger partial charge in [-0.15, -0.1) is 0 Å². The first-order valence-corrected chi connectivity index (χ1v) is 9.78. The van der Waals surface area contributed by atoms with Crippen LogP contribution >= 0.6 is 11.6 Å². The number of esters is 1. The monoisotopic (exact) mass is 392 g/mol. The lowest BCUT2D eigenvalue weighted by molar-refractivity contribution is -0.148. The van der Waals surface area contributed by atoms with E-state index in [1.54, 1.807) is 13.8 Å². The number of ether oxygens (including phenoxy) is 1. The summed E-state index contributed by atoms with van der Waals surface area (Å²) in [7, 11) is 0. The second-order valence-corrected chi connectivity index (χ2v) is 7.49. The van der Waals surface area contributed by atoms with Crippen LogP contribution in [0.15, 0.2) is 18.2 Å². The van der Waals surface area contributed by atoms with Crippen LogP contribution in [0.5, 0.6) is 0 Å². The minimum atomic E-state index is -0.385. The molecule has 2 aliphatic rings. The van der Waals surface area contributed by atoms with Crippen LogP contribution in [0.3, 0.4) is 0 Å². The van der Waals surface area contributed by atoms with Gasteiger partial charge >= 0.3 is 5.97 Å². The molecule has 1 aromatic carbocycles. The molecule has 0 spiro atoms. The Labute approximate surface area is 164 Å². The van der Waals surface area contributed by atoms with Crippen molar-refractivity contribution in [2.75, 3.05) is 37.7 Å². The maximum absolute atomic E-state index is 12.7. The number of ketones is 1. The molecule has 3 rings (SSSR count). The number of Topliss-reactive ketones (excluding diaryl/α,β-unsaturated/α-hetero) is 1. The van der Waals surface area contributed by atoms with Gasteiger partial charge in [0.25, 0.3) is 0 Å². The minimum Gasteiger partial charge on any atom is -0.466 e. The van der Waals surface area contributed by atoms with Crippen molar-refractivity contribution in [2.45, 2.75) is 32.6 Å². The van der Waals surface area contributed by atoms with Gasteiger partial charge in [-0.3, -0.25) is 14.4 Å². The van der Waals surface area contributed by atoms with Crippen molar-refractivity contribution < 1.29 is 19.1 Å². The molecule has 1 aromatic rings. The van der Waals surface area contributed by atoms with Crippen molar-refractivity contribution in [1.82, 2.24) is 4.90 Å². The lowest BCUT2D eigenvalue weighted by Crippen LogP contribution is -2.48. The zero-order valence-electron chi connectivity index (χ0n) is 15.7. The summed E-state index contributed by atoms with van der Waals surface area (Å²) in [5.41, 5.74) is 1.72. The van der Waals surface area contributed by atoms with Gasteiger partial charge in [-0.2, -0.15) is 0 Å². The standard InChI is InChI=1S/C20H25ClN2O4/c1-3-27-20(26)14-11-16(18(25)12-14)15-5-4-6-17(21)19(15)23-9-7-22(8-10-23)13(2)24/h4-6,14,16H,3,7-12H2,1-2H3. The molecule has 0 bridgehead atoms. The lowest BCUT2D eigenvalue weighted by Gasteiger charge is -2.37. The summed E-state index contributed by atoms with van der Waals surface area (Å²) < 4.78 is 5.10. The highest BCUT2D eigenvalue weighted by Crippen LogP contribution is 2.43. The molecule has 2 fully saturated rings. The number of para-hydroxylation sites is 1. The van der Waals surface area contributed by atoms with Crippen molar-refractivity contribution in [2.24, 2.45) is 5.92 Å². The molecule has 1 aliphatic carbocycles. The van der Waals surface area contributed by atoms with Crippen molar-refractivity contribution in [3.05, 3.63) is 28.8 Å². The first kappa shape index (κ1) is 19.7. The number of hydrogen-bond donors (Lipinski definition) is 0. The van der Waals surface area contributed by atoms with Gasteiger partial charge in [0.15, 0.2) is 0 Å². The summed E-state index contributed by atoms with van der Waals surface area (Å²) >= 11 is 6.51. The molecule has 1 aliphatic heterocycles. The molecule has 0 radical (unpaired) electrons. The number of halogens is 1. The molecular weight excluding hydrogens is 368 g/mol. The average molecular weight is 393 g/mol. The SMILES string of the molecule is CCOC(=O)C1CC(=O)C(c2cccc(Cl)c2N2CCN(C(C)=O)CC2)C1. The van der Waals surface area contributed by atoms with Crippen molar-refractivity contribution >= 4 is 34.9 Å². The van der Waals surface area contributed by atoms with Gasteiger partial charge < -0.3 is 14.5 Å². The zero-order chi connectivity index (χ0) is 19.6. The van der Waals surface area contributed by atoms with Gasteiger partial charge in [0.05, 0.1) is 23.2 Å². The number of benzene rings is 1. The first-order chi connectivity index (χ1) is 12.9. The Kier molecular flexibility index (Phi) is 6.05. The lowest BCUT2D eigenvalue weighted by atomic mass is 9.93. The number of rotatable bonds is 4. The summed E-state index contributed by atoms with van der Waals surface area (Å²) in [6.45, 7) is 6.24. The van der Waals surface area contributed by atoms with Crippen molar-refractivity contribution in [1.29, 1.82) is 0 Å². The van der Waals surface area contributed by atoms with Crippen molar-refractivity contribution in [3.63, 3.8) is 0 Å². The summed E-state index contributed by atoms with van der Waals surface area (Å²) in [5, 5.41) is 0.594. The van der Waals surface area contributed by atoms with E-state index in [0.717, 1.165) is 11.3 Å². The Balaban J connectivity index is 1.83. The molecule has 1 amide bonds. The Bertz CT molecular complexity index is 743. The number of amides is 1. The summed E-state index contributed by atoms with van der Waals surface area (Å²) in [5.74, 6) is -0.911. The van der Waals surface area contributed by atoms with Crippen LogP contribution in [0.1, 0.15) is 38.2 Å². The smallest absolute Gasteiger partial charge is 0.309 e. The molecule has 27 heavy (non-hydrogen) atoms. The van der Waals surface area contributed by atoms with Crippen LogP contribution in [0.4, 0.5) is 5.69 Å². The Hall–Kier alpha value is -2.08. The summed E-state index contributed by atoms with van der Waals surface area (Å²) in [4.78, 5) is 40.3. The Morgan fingerprint density at radius 3 is 2.56 bits per heavy atom. The van der Waals surface area contributed by atoms with Gasteiger partial charge in [-0.1, -0.05) is 23.7 Å². The molecule has 2 unspecified atom stereocenters. The van der Waals surface area contributed by atoms with Crippen LogP contribution in [-0.2, 0) is 19.1 Å². The molecule has 0 N–H and O–H groups in total. The molecule has 7 heteroatoms. The highest BCUT2D eigenvalue weighted by molar-refractivity contribution is 6.33. The third kappa shape index (κ3) is 4.10. The molecular formula is C20H25ClN2O4. The number of anilines is 1. The highest BCUT2D eigenvalue weighted by Gasteiger charge is 2.40. The Morgan fingerprint density at radius 1 is 1.22 bits per heavy atom. The first-order valence-electron chi connectivity index (χ1n) is 9.40. The van der Waals surface area contributed by atoms with E-state index in [-0.39, 0.29) is 35.9 Å². The van der Waals surface area contributed by atoms with E-state index in [2.05, 4.69) is 4.90 Å². The molecule has 146 valence electrons. The normalized spacial score (nSPS) is 22.9. The predicted octanol–water partition coefficient (Wildman–Crippen LogP) is 2.63. The number of piperazine rings is 1. The van der Waals surface area contributed by atoms with Gasteiger partial charge in [0.1, 0.15) is 5.78 Å². The van der Waals surface area contributed by atoms with E-state index >= 15 is 0 Å². The van der Waals surface area contributed by atoms with E-state index in [1.165, 1.54) is 0 Å². The molecule has 6 nitrogen and oxygen atoms in total. The van der Waals surface area contributed by atoms with Crippen LogP contribution in [0.2, 0.25) is 5.02 Å². The fourth-order valence-electron chi connectivity index (χ4n) is 4.02. The molecule has 2 atom stereocenters. The van der Waals surface area contributed by atoms with Crippen molar-refractivity contribution in [3.8, 4) is 0 Å². The fourth-order valence-corrected chi connectivity index (χ4v) is 4.32. The van der Waals surface area contributed by atoms with E-state index in [9.17, 15) is 14.4 Å². The number of carbonyl (C=O) groups is 3. The number of hydrogen-bond acceptors (Lipinski definition) is 5. The van der Waals surface area contributed by atoms with Gasteiger partial charge in [0.2, 0.25) is 5.91 Å². The predicted molar refractivity (Wildman–Crippen MR) is 103 cm³/mol. The van der Waals surface area contributed by atoms with E-state index < -0.39 is 0 Å². The Morgan fingerprint density at radius 2 is 1.93 bits per heavy atom. The number of carbonyl (C=O) groups excluding carboxylic acids is 3. The minimum absolute atomic E-state index is 0.0546. The van der Waals surface area contributed by atoms with E-state index in [4.69, 9.17) is 16.3 Å². The zero-order valence-corrected chi connectivity index (χ0v) is 16.5. The molecule has 1 saturated carbocycles. The second-order valence-electron chi connectivity index (χ2n) is 7.08. The largest absolute Gasteiger partial charge is 0.466 e. The quantitative estimate of drug-likeness (QED) is 0.737. The maximum atomic E-state index is 12.7. The summed E-state index contributed by atoms with van der Waals surface area (Å²) in [6, 6.07) is 5.59. The third-order valence-electron chi connectivity index (χ3n) is 5.41. The van der Waals surface area contributed by atoms with Crippen LogP contribution in [0.25, 0.3) is 0 Å². The van der Waals surface area contributed by atoms with E-state index in [1.807, 2.05) is 23.1 Å². The fraction of sp³-hybridized carbons (Fsp3) is 0.550. The maximum Gasteiger partial charge on any atom is 0.309 e. The number of nitrogens with zero attached hydrogens (tertiary/aromatic N) is 2. The van der Waals surface area contributed by atoms with E-state index in [0.29, 0.717) is 44.2 Å². The molecule has 1 saturated heterocycles. The molecule has 0 aromatic heterocycles. The van der Waals surface area contributed by atoms with Crippen LogP contribution in [-0.4, -0.2) is 55.3 Å². The summed E-state index contributed by atoms with van der Waals surface area (Å²) in [6.07, 6.45) is 0.673. The van der Waals surface area contributed by atoms with Gasteiger partial charge in [-0.05, 0) is 25.0 Å². The van der Waals surface area contributed by atoms with Gasteiger partial charge in [0, 0.05) is 45.4 Å². The topological polar surface area (TPSA) is 66.9 Å². The molecule has 1 heterocycles. The van der Waals surface area contributed by atoms with Crippen LogP contribution < -0.4 is 4.90 Å². The average Bonchev–Trinajstić information content (AvgIpc) is 3.03.